The maximum Gasteiger partial charge on any atom is 0.410 e. The lowest BCUT2D eigenvalue weighted by Crippen LogP contribution is -2.50. The number of primary amides is 1. The molecular weight excluding hydrogens is 596 g/mol. The Labute approximate surface area is 269 Å². The summed E-state index contributed by atoms with van der Waals surface area (Å²) in [5.41, 5.74) is 6.68. The van der Waals surface area contributed by atoms with Gasteiger partial charge in [-0.15, -0.1) is 0 Å². The minimum absolute atomic E-state index is 0.0836. The number of nitrogens with two attached hydrogens (primary N) is 1. The van der Waals surface area contributed by atoms with Gasteiger partial charge in [-0.05, 0) is 102 Å². The minimum atomic E-state index is -0.918. The molecule has 2 saturated heterocycles. The topological polar surface area (TPSA) is 122 Å². The number of benzene rings is 2. The Hall–Kier alpha value is -3.79. The molecule has 11 heteroatoms. The van der Waals surface area contributed by atoms with Crippen LogP contribution in [-0.2, 0) is 19.7 Å². The summed E-state index contributed by atoms with van der Waals surface area (Å²) in [6, 6.07) is 11.0. The number of ether oxygens (including phenoxy) is 2. The Morgan fingerprint density at radius 3 is 1.93 bits per heavy atom. The van der Waals surface area contributed by atoms with Gasteiger partial charge in [0.25, 0.3) is 5.91 Å². The van der Waals surface area contributed by atoms with E-state index in [2.05, 4.69) is 6.07 Å². The number of rotatable bonds is 3. The first-order chi connectivity index (χ1) is 21.0. The Morgan fingerprint density at radius 1 is 0.844 bits per heavy atom. The maximum absolute atomic E-state index is 14.6. The smallest absolute Gasteiger partial charge is 0.410 e. The summed E-state index contributed by atoms with van der Waals surface area (Å²) < 4.78 is 11.2. The first-order valence-corrected chi connectivity index (χ1v) is 15.9. The van der Waals surface area contributed by atoms with Crippen molar-refractivity contribution in [2.75, 3.05) is 31.1 Å². The first-order valence-electron chi connectivity index (χ1n) is 15.5. The largest absolute Gasteiger partial charge is 0.444 e. The second-order valence-electron chi connectivity index (χ2n) is 14.2. The molecule has 0 aromatic heterocycles. The van der Waals surface area contributed by atoms with Crippen LogP contribution in [-0.4, -0.2) is 71.2 Å². The van der Waals surface area contributed by atoms with Gasteiger partial charge in [-0.3, -0.25) is 14.5 Å². The standard InChI is InChI=1S/C34H43ClN4O6/c1-32(2,3)44-30(42)37-16-12-21(13-17-37)22-10-11-25-23(20-22)34(14-18-38(19-15-34)31(43)45-33(4,5)6)29(41)39(25)26-9-7-8-24(35)27(26)28(36)40/h7-11,20-21H,12-19H2,1-6H3,(H2,36,40). The lowest BCUT2D eigenvalue weighted by Gasteiger charge is -2.39. The van der Waals surface area contributed by atoms with E-state index in [1.807, 2.05) is 53.7 Å². The summed E-state index contributed by atoms with van der Waals surface area (Å²) in [6.07, 6.45) is 1.59. The highest BCUT2D eigenvalue weighted by atomic mass is 35.5. The number of nitrogens with zero attached hydrogens (tertiary/aromatic N) is 3. The van der Waals surface area contributed by atoms with Crippen LogP contribution in [0.3, 0.4) is 0 Å². The molecule has 0 radical (unpaired) electrons. The van der Waals surface area contributed by atoms with Crippen molar-refractivity contribution in [3.63, 3.8) is 0 Å². The van der Waals surface area contributed by atoms with Crippen LogP contribution in [0.4, 0.5) is 21.0 Å². The van der Waals surface area contributed by atoms with Crippen LogP contribution in [0, 0.1) is 0 Å². The van der Waals surface area contributed by atoms with Crippen molar-refractivity contribution in [1.29, 1.82) is 0 Å². The van der Waals surface area contributed by atoms with Gasteiger partial charge in [0.1, 0.15) is 11.2 Å². The molecule has 0 saturated carbocycles. The molecule has 0 unspecified atom stereocenters. The lowest BCUT2D eigenvalue weighted by molar-refractivity contribution is -0.124. The molecule has 2 fully saturated rings. The Balaban J connectivity index is 1.48. The number of hydrogen-bond donors (Lipinski definition) is 1. The summed E-state index contributed by atoms with van der Waals surface area (Å²) in [6.45, 7) is 12.9. The van der Waals surface area contributed by atoms with Gasteiger partial charge in [-0.2, -0.15) is 0 Å². The van der Waals surface area contributed by atoms with Gasteiger partial charge in [0.05, 0.1) is 27.4 Å². The molecule has 3 aliphatic rings. The predicted molar refractivity (Wildman–Crippen MR) is 172 cm³/mol. The molecule has 5 rings (SSSR count). The fraction of sp³-hybridized carbons (Fsp3) is 0.529. The summed E-state index contributed by atoms with van der Waals surface area (Å²) in [5, 5.41) is 0.170. The molecule has 3 aliphatic heterocycles. The van der Waals surface area contributed by atoms with Crippen molar-refractivity contribution in [3.8, 4) is 0 Å². The quantitative estimate of drug-likeness (QED) is 0.409. The second kappa shape index (κ2) is 11.9. The van der Waals surface area contributed by atoms with Crippen LogP contribution in [0.15, 0.2) is 36.4 Å². The zero-order valence-corrected chi connectivity index (χ0v) is 27.7. The van der Waals surface area contributed by atoms with Crippen LogP contribution < -0.4 is 10.6 Å². The average molecular weight is 639 g/mol. The van der Waals surface area contributed by atoms with Crippen molar-refractivity contribution >= 4 is 47.0 Å². The van der Waals surface area contributed by atoms with Crippen molar-refractivity contribution in [2.24, 2.45) is 5.73 Å². The highest BCUT2D eigenvalue weighted by Crippen LogP contribution is 2.52. The summed E-state index contributed by atoms with van der Waals surface area (Å²) in [7, 11) is 0. The molecule has 10 nitrogen and oxygen atoms in total. The normalized spacial score (nSPS) is 18.6. The number of piperidine rings is 2. The molecular formula is C34H43ClN4O6. The number of hydrogen-bond acceptors (Lipinski definition) is 6. The van der Waals surface area contributed by atoms with Crippen LogP contribution in [0.1, 0.15) is 94.6 Å². The van der Waals surface area contributed by atoms with E-state index in [9.17, 15) is 19.2 Å². The Morgan fingerprint density at radius 2 is 1.40 bits per heavy atom. The van der Waals surface area contributed by atoms with Gasteiger partial charge in [-0.1, -0.05) is 29.8 Å². The van der Waals surface area contributed by atoms with Gasteiger partial charge in [-0.25, -0.2) is 9.59 Å². The summed E-state index contributed by atoms with van der Waals surface area (Å²) >= 11 is 6.42. The Bertz CT molecular complexity index is 1510. The van der Waals surface area contributed by atoms with E-state index >= 15 is 0 Å². The van der Waals surface area contributed by atoms with E-state index in [1.165, 1.54) is 0 Å². The number of carbonyl (C=O) groups excluding carboxylic acids is 4. The number of carbonyl (C=O) groups is 4. The Kier molecular flexibility index (Phi) is 8.59. The average Bonchev–Trinajstić information content (AvgIpc) is 3.17. The zero-order chi connectivity index (χ0) is 32.9. The highest BCUT2D eigenvalue weighted by molar-refractivity contribution is 6.35. The molecule has 2 aromatic rings. The maximum atomic E-state index is 14.6. The lowest BCUT2D eigenvalue weighted by atomic mass is 9.72. The number of halogens is 1. The molecule has 0 aliphatic carbocycles. The minimum Gasteiger partial charge on any atom is -0.444 e. The van der Waals surface area contributed by atoms with Gasteiger partial charge in [0.2, 0.25) is 5.91 Å². The third-order valence-electron chi connectivity index (χ3n) is 8.76. The molecule has 2 aromatic carbocycles. The van der Waals surface area contributed by atoms with Crippen molar-refractivity contribution in [2.45, 2.75) is 89.8 Å². The third kappa shape index (κ3) is 6.48. The molecule has 2 N–H and O–H groups in total. The predicted octanol–water partition coefficient (Wildman–Crippen LogP) is 6.50. The van der Waals surface area contributed by atoms with Crippen LogP contribution in [0.2, 0.25) is 5.02 Å². The van der Waals surface area contributed by atoms with E-state index in [1.54, 1.807) is 32.9 Å². The van der Waals surface area contributed by atoms with E-state index in [-0.39, 0.29) is 28.5 Å². The molecule has 0 atom stereocenters. The van der Waals surface area contributed by atoms with Crippen LogP contribution in [0.25, 0.3) is 0 Å². The van der Waals surface area contributed by atoms with Gasteiger partial charge in [0.15, 0.2) is 0 Å². The number of anilines is 2. The van der Waals surface area contributed by atoms with E-state index < -0.39 is 28.6 Å². The highest BCUT2D eigenvalue weighted by Gasteiger charge is 2.54. The molecule has 1 spiro atoms. The molecule has 4 amide bonds. The van der Waals surface area contributed by atoms with Crippen LogP contribution in [0.5, 0.6) is 0 Å². The van der Waals surface area contributed by atoms with Crippen molar-refractivity contribution in [3.05, 3.63) is 58.1 Å². The van der Waals surface area contributed by atoms with Crippen molar-refractivity contribution < 1.29 is 28.7 Å². The summed E-state index contributed by atoms with van der Waals surface area (Å²) in [4.78, 5) is 57.6. The number of amides is 4. The third-order valence-corrected chi connectivity index (χ3v) is 9.07. The molecule has 3 heterocycles. The fourth-order valence-corrected chi connectivity index (χ4v) is 6.87. The fourth-order valence-electron chi connectivity index (χ4n) is 6.61. The van der Waals surface area contributed by atoms with E-state index in [4.69, 9.17) is 26.8 Å². The van der Waals surface area contributed by atoms with Gasteiger partial charge in [0, 0.05) is 26.2 Å². The van der Waals surface area contributed by atoms with E-state index in [0.29, 0.717) is 50.4 Å². The first kappa shape index (κ1) is 32.6. The van der Waals surface area contributed by atoms with Gasteiger partial charge < -0.3 is 25.0 Å². The second-order valence-corrected chi connectivity index (χ2v) is 14.6. The monoisotopic (exact) mass is 638 g/mol. The van der Waals surface area contributed by atoms with Crippen LogP contribution >= 0.6 is 11.6 Å². The summed E-state index contributed by atoms with van der Waals surface area (Å²) in [5.74, 6) is -0.716. The molecule has 242 valence electrons. The SMILES string of the molecule is CC(C)(C)OC(=O)N1CCC(c2ccc3c(c2)C2(CCN(C(=O)OC(C)(C)C)CC2)C(=O)N3c2cccc(Cl)c2C(N)=O)CC1. The van der Waals surface area contributed by atoms with E-state index in [0.717, 1.165) is 24.0 Å². The number of likely N-dealkylation sites (tertiary alicyclic amines) is 2. The molecule has 0 bridgehead atoms. The molecule has 45 heavy (non-hydrogen) atoms. The van der Waals surface area contributed by atoms with Gasteiger partial charge >= 0.3 is 12.2 Å². The van der Waals surface area contributed by atoms with Crippen molar-refractivity contribution in [1.82, 2.24) is 9.80 Å². The zero-order valence-electron chi connectivity index (χ0n) is 26.9. The number of fused-ring (bicyclic) bond motifs is 2.